The van der Waals surface area contributed by atoms with E-state index < -0.39 is 0 Å². The molecule has 7 heteroatoms. The number of amides is 1. The van der Waals surface area contributed by atoms with Gasteiger partial charge in [-0.25, -0.2) is 4.98 Å². The molecule has 2 aromatic heterocycles. The maximum atomic E-state index is 12.3. The van der Waals surface area contributed by atoms with Gasteiger partial charge in [0, 0.05) is 24.1 Å². The predicted molar refractivity (Wildman–Crippen MR) is 146 cm³/mol. The third kappa shape index (κ3) is 5.57. The van der Waals surface area contributed by atoms with E-state index in [1.165, 1.54) is 5.56 Å². The maximum absolute atomic E-state index is 12.3. The van der Waals surface area contributed by atoms with E-state index in [1.807, 2.05) is 55.5 Å². The zero-order valence-corrected chi connectivity index (χ0v) is 21.1. The summed E-state index contributed by atoms with van der Waals surface area (Å²) in [5, 5.41) is 13.7. The SMILES string of the molecule is CC(NC(=O)CCCCSc1nnc2c3ccccc3n(Cc3ccccc3)c2n1)c1ccccc1. The summed E-state index contributed by atoms with van der Waals surface area (Å²) in [6.45, 7) is 2.74. The lowest BCUT2D eigenvalue weighted by Crippen LogP contribution is -2.26. The molecule has 36 heavy (non-hydrogen) atoms. The van der Waals surface area contributed by atoms with E-state index in [2.05, 4.69) is 56.5 Å². The molecule has 6 nitrogen and oxygen atoms in total. The number of nitrogens with zero attached hydrogens (tertiary/aromatic N) is 4. The predicted octanol–water partition coefficient (Wildman–Crippen LogP) is 6.17. The summed E-state index contributed by atoms with van der Waals surface area (Å²) in [5.41, 5.74) is 5.12. The summed E-state index contributed by atoms with van der Waals surface area (Å²) in [6.07, 6.45) is 2.25. The Morgan fingerprint density at radius 3 is 2.44 bits per heavy atom. The van der Waals surface area contributed by atoms with Gasteiger partial charge in [-0.05, 0) is 37.0 Å². The number of hydrogen-bond donors (Lipinski definition) is 1. The van der Waals surface area contributed by atoms with Gasteiger partial charge in [0.1, 0.15) is 5.52 Å². The Morgan fingerprint density at radius 1 is 0.917 bits per heavy atom. The van der Waals surface area contributed by atoms with Crippen LogP contribution in [0, 0.1) is 0 Å². The molecule has 0 aliphatic carbocycles. The molecule has 2 heterocycles. The molecule has 182 valence electrons. The third-order valence-corrected chi connectivity index (χ3v) is 7.17. The quantitative estimate of drug-likeness (QED) is 0.185. The van der Waals surface area contributed by atoms with Gasteiger partial charge in [0.2, 0.25) is 11.1 Å². The lowest BCUT2D eigenvalue weighted by molar-refractivity contribution is -0.121. The first kappa shape index (κ1) is 24.0. The number of aromatic nitrogens is 4. The van der Waals surface area contributed by atoms with Gasteiger partial charge >= 0.3 is 0 Å². The van der Waals surface area contributed by atoms with Crippen molar-refractivity contribution in [1.29, 1.82) is 0 Å². The molecule has 1 N–H and O–H groups in total. The molecule has 1 amide bonds. The van der Waals surface area contributed by atoms with E-state index >= 15 is 0 Å². The number of unbranched alkanes of at least 4 members (excludes halogenated alkanes) is 1. The number of rotatable bonds is 10. The molecule has 0 fully saturated rings. The van der Waals surface area contributed by atoms with Crippen molar-refractivity contribution in [3.8, 4) is 0 Å². The molecule has 0 spiro atoms. The van der Waals surface area contributed by atoms with Gasteiger partial charge in [-0.1, -0.05) is 90.6 Å². The zero-order valence-electron chi connectivity index (χ0n) is 20.3. The molecule has 5 rings (SSSR count). The Balaban J connectivity index is 1.20. The normalized spacial score (nSPS) is 12.1. The monoisotopic (exact) mass is 495 g/mol. The number of para-hydroxylation sites is 1. The number of thioether (sulfide) groups is 1. The molecule has 1 unspecified atom stereocenters. The van der Waals surface area contributed by atoms with Crippen LogP contribution in [0.2, 0.25) is 0 Å². The van der Waals surface area contributed by atoms with Gasteiger partial charge in [-0.3, -0.25) is 4.79 Å². The van der Waals surface area contributed by atoms with Crippen LogP contribution in [-0.4, -0.2) is 31.4 Å². The van der Waals surface area contributed by atoms with Gasteiger partial charge < -0.3 is 9.88 Å². The first-order valence-corrected chi connectivity index (χ1v) is 13.3. The fraction of sp³-hybridized carbons (Fsp3) is 0.241. The minimum atomic E-state index is 0.0157. The van der Waals surface area contributed by atoms with Crippen LogP contribution in [-0.2, 0) is 11.3 Å². The summed E-state index contributed by atoms with van der Waals surface area (Å²) in [5.74, 6) is 0.925. The number of fused-ring (bicyclic) bond motifs is 3. The van der Waals surface area contributed by atoms with E-state index in [-0.39, 0.29) is 11.9 Å². The molecule has 1 atom stereocenters. The van der Waals surface area contributed by atoms with Crippen molar-refractivity contribution in [3.05, 3.63) is 96.1 Å². The lowest BCUT2D eigenvalue weighted by atomic mass is 10.1. The van der Waals surface area contributed by atoms with Crippen molar-refractivity contribution in [3.63, 3.8) is 0 Å². The van der Waals surface area contributed by atoms with Crippen LogP contribution in [0.25, 0.3) is 22.1 Å². The Morgan fingerprint density at radius 2 is 1.64 bits per heavy atom. The Labute approximate surface area is 215 Å². The zero-order chi connectivity index (χ0) is 24.7. The van der Waals surface area contributed by atoms with Crippen molar-refractivity contribution < 1.29 is 4.79 Å². The maximum Gasteiger partial charge on any atom is 0.220 e. The van der Waals surface area contributed by atoms with Gasteiger partial charge in [0.15, 0.2) is 5.65 Å². The van der Waals surface area contributed by atoms with Gasteiger partial charge in [0.25, 0.3) is 0 Å². The van der Waals surface area contributed by atoms with Gasteiger partial charge in [-0.15, -0.1) is 10.2 Å². The molecule has 5 aromatic rings. The van der Waals surface area contributed by atoms with E-state index in [0.717, 1.165) is 52.8 Å². The molecule has 0 bridgehead atoms. The largest absolute Gasteiger partial charge is 0.350 e. The highest BCUT2D eigenvalue weighted by Crippen LogP contribution is 2.28. The number of carbonyl (C=O) groups is 1. The lowest BCUT2D eigenvalue weighted by Gasteiger charge is -2.14. The second-order valence-corrected chi connectivity index (χ2v) is 9.92. The molecule has 0 saturated heterocycles. The first-order valence-electron chi connectivity index (χ1n) is 12.3. The highest BCUT2D eigenvalue weighted by molar-refractivity contribution is 7.99. The van der Waals surface area contributed by atoms with Crippen LogP contribution in [0.15, 0.2) is 90.1 Å². The smallest absolute Gasteiger partial charge is 0.220 e. The fourth-order valence-corrected chi connectivity index (χ4v) is 5.15. The summed E-state index contributed by atoms with van der Waals surface area (Å²) in [6, 6.07) is 28.7. The Bertz CT molecular complexity index is 1450. The topological polar surface area (TPSA) is 72.7 Å². The van der Waals surface area contributed by atoms with E-state index in [9.17, 15) is 4.79 Å². The average molecular weight is 496 g/mol. The molecular formula is C29H29N5OS. The van der Waals surface area contributed by atoms with Crippen molar-refractivity contribution >= 4 is 39.7 Å². The molecule has 0 aliphatic heterocycles. The van der Waals surface area contributed by atoms with Crippen LogP contribution in [0.5, 0.6) is 0 Å². The second-order valence-electron chi connectivity index (χ2n) is 8.86. The third-order valence-electron chi connectivity index (χ3n) is 6.24. The van der Waals surface area contributed by atoms with Crippen LogP contribution in [0.3, 0.4) is 0 Å². The number of carbonyl (C=O) groups excluding carboxylic acids is 1. The fourth-order valence-electron chi connectivity index (χ4n) is 4.37. The molecular weight excluding hydrogens is 466 g/mol. The van der Waals surface area contributed by atoms with Crippen molar-refractivity contribution in [1.82, 2.24) is 25.1 Å². The van der Waals surface area contributed by atoms with Crippen LogP contribution >= 0.6 is 11.8 Å². The number of hydrogen-bond acceptors (Lipinski definition) is 5. The van der Waals surface area contributed by atoms with Crippen LogP contribution in [0.4, 0.5) is 0 Å². The Hall–Kier alpha value is -3.71. The minimum absolute atomic E-state index is 0.0157. The van der Waals surface area contributed by atoms with Crippen molar-refractivity contribution in [2.24, 2.45) is 0 Å². The van der Waals surface area contributed by atoms with Gasteiger partial charge in [0.05, 0.1) is 11.6 Å². The average Bonchev–Trinajstić information content (AvgIpc) is 3.22. The molecule has 0 saturated carbocycles. The summed E-state index contributed by atoms with van der Waals surface area (Å²) >= 11 is 1.59. The molecule has 0 radical (unpaired) electrons. The highest BCUT2D eigenvalue weighted by Gasteiger charge is 2.15. The van der Waals surface area contributed by atoms with Crippen LogP contribution < -0.4 is 5.32 Å². The summed E-state index contributed by atoms with van der Waals surface area (Å²) in [4.78, 5) is 17.2. The molecule has 0 aliphatic rings. The second kappa shape index (κ2) is 11.4. The summed E-state index contributed by atoms with van der Waals surface area (Å²) in [7, 11) is 0. The highest BCUT2D eigenvalue weighted by atomic mass is 32.2. The molecule has 3 aromatic carbocycles. The van der Waals surface area contributed by atoms with Crippen molar-refractivity contribution in [2.75, 3.05) is 5.75 Å². The van der Waals surface area contributed by atoms with Crippen LogP contribution in [0.1, 0.15) is 43.4 Å². The number of benzene rings is 3. The van der Waals surface area contributed by atoms with E-state index in [0.29, 0.717) is 11.6 Å². The van der Waals surface area contributed by atoms with E-state index in [1.54, 1.807) is 11.8 Å². The minimum Gasteiger partial charge on any atom is -0.350 e. The summed E-state index contributed by atoms with van der Waals surface area (Å²) < 4.78 is 2.22. The van der Waals surface area contributed by atoms with Gasteiger partial charge in [-0.2, -0.15) is 0 Å². The Kier molecular flexibility index (Phi) is 7.57. The van der Waals surface area contributed by atoms with Crippen molar-refractivity contribution in [2.45, 2.75) is 43.9 Å². The number of nitrogens with one attached hydrogen (secondary N) is 1. The first-order chi connectivity index (χ1) is 17.7. The standard InChI is InChI=1S/C29H29N5OS/c1-21(23-14-6-3-7-15-23)30-26(35)18-10-11-19-36-29-31-28-27(32-33-29)24-16-8-9-17-25(24)34(28)20-22-12-4-2-5-13-22/h2-9,12-17,21H,10-11,18-20H2,1H3,(H,30,35). The van der Waals surface area contributed by atoms with E-state index in [4.69, 9.17) is 4.98 Å².